The van der Waals surface area contributed by atoms with Gasteiger partial charge in [0, 0.05) is 23.3 Å². The second-order valence-electron chi connectivity index (χ2n) is 5.92. The van der Waals surface area contributed by atoms with Crippen molar-refractivity contribution in [3.05, 3.63) is 59.9 Å². The summed E-state index contributed by atoms with van der Waals surface area (Å²) in [5.41, 5.74) is 2.57. The average molecular weight is 380 g/mol. The summed E-state index contributed by atoms with van der Waals surface area (Å²) in [7, 11) is 0. The van der Waals surface area contributed by atoms with Crippen molar-refractivity contribution in [3.8, 4) is 11.5 Å². The normalized spacial score (nSPS) is 12.3. The van der Waals surface area contributed by atoms with Gasteiger partial charge in [0.25, 0.3) is 0 Å². The molecule has 27 heavy (non-hydrogen) atoms. The molecule has 0 saturated heterocycles. The fourth-order valence-corrected chi connectivity index (χ4v) is 3.19. The Labute approximate surface area is 159 Å². The molecule has 2 aromatic carbocycles. The number of nitrogens with one attached hydrogen (secondary N) is 3. The Morgan fingerprint density at radius 2 is 2.00 bits per heavy atom. The topological polar surface area (TPSA) is 84.1 Å². The van der Waals surface area contributed by atoms with Gasteiger partial charge in [0.05, 0.1) is 10.7 Å². The van der Waals surface area contributed by atoms with Crippen LogP contribution in [0.1, 0.15) is 0 Å². The Kier molecular flexibility index (Phi) is 3.72. The highest BCUT2D eigenvalue weighted by Gasteiger charge is 2.21. The summed E-state index contributed by atoms with van der Waals surface area (Å²) >= 11 is 6.32. The van der Waals surface area contributed by atoms with Crippen LogP contribution in [0.3, 0.4) is 0 Å². The summed E-state index contributed by atoms with van der Waals surface area (Å²) in [6.07, 6.45) is 3.57. The van der Waals surface area contributed by atoms with Crippen molar-refractivity contribution in [2.24, 2.45) is 0 Å². The zero-order valence-electron chi connectivity index (χ0n) is 14.0. The maximum atomic E-state index is 6.32. The van der Waals surface area contributed by atoms with E-state index >= 15 is 0 Å². The van der Waals surface area contributed by atoms with E-state index in [1.807, 2.05) is 30.5 Å². The van der Waals surface area contributed by atoms with Gasteiger partial charge in [0.1, 0.15) is 11.5 Å². The number of rotatable bonds is 4. The molecule has 0 fully saturated rings. The highest BCUT2D eigenvalue weighted by atomic mass is 35.5. The maximum absolute atomic E-state index is 6.32. The van der Waals surface area contributed by atoms with Crippen molar-refractivity contribution in [2.75, 3.05) is 17.4 Å². The van der Waals surface area contributed by atoms with Gasteiger partial charge in [-0.15, -0.1) is 0 Å². The van der Waals surface area contributed by atoms with Gasteiger partial charge in [-0.3, -0.25) is 0 Å². The number of halogens is 1. The van der Waals surface area contributed by atoms with E-state index in [9.17, 15) is 0 Å². The van der Waals surface area contributed by atoms with Crippen molar-refractivity contribution in [1.82, 2.24) is 15.0 Å². The Balaban J connectivity index is 1.45. The van der Waals surface area contributed by atoms with Crippen LogP contribution in [0.5, 0.6) is 11.5 Å². The summed E-state index contributed by atoms with van der Waals surface area (Å²) in [5, 5.41) is 8.03. The molecule has 0 aliphatic carbocycles. The zero-order chi connectivity index (χ0) is 18.2. The summed E-state index contributed by atoms with van der Waals surface area (Å²) < 4.78 is 10.9. The molecule has 2 aromatic heterocycles. The fourth-order valence-electron chi connectivity index (χ4n) is 3.00. The van der Waals surface area contributed by atoms with Gasteiger partial charge in [-0.25, -0.2) is 4.98 Å². The summed E-state index contributed by atoms with van der Waals surface area (Å²) in [4.78, 5) is 12.0. The quantitative estimate of drug-likeness (QED) is 0.471. The van der Waals surface area contributed by atoms with E-state index in [1.54, 1.807) is 24.4 Å². The molecular weight excluding hydrogens is 366 g/mol. The van der Waals surface area contributed by atoms with E-state index < -0.39 is 0 Å². The van der Waals surface area contributed by atoms with Gasteiger partial charge < -0.3 is 25.1 Å². The third-order valence-corrected chi connectivity index (χ3v) is 4.55. The maximum Gasteiger partial charge on any atom is 0.231 e. The van der Waals surface area contributed by atoms with Gasteiger partial charge in [-0.05, 0) is 36.4 Å². The molecule has 7 nitrogen and oxygen atoms in total. The number of fused-ring (bicyclic) bond motifs is 2. The van der Waals surface area contributed by atoms with E-state index in [2.05, 4.69) is 25.6 Å². The number of hydrogen-bond acceptors (Lipinski definition) is 6. The number of nitrogens with zero attached hydrogens (tertiary/aromatic N) is 2. The van der Waals surface area contributed by atoms with Crippen LogP contribution in [-0.2, 0) is 0 Å². The first-order chi connectivity index (χ1) is 13.3. The third-order valence-electron chi connectivity index (χ3n) is 4.24. The molecule has 0 spiro atoms. The van der Waals surface area contributed by atoms with Crippen LogP contribution in [0.15, 0.2) is 54.9 Å². The smallest absolute Gasteiger partial charge is 0.231 e. The Morgan fingerprint density at radius 1 is 1.04 bits per heavy atom. The van der Waals surface area contributed by atoms with Crippen molar-refractivity contribution in [2.45, 2.75) is 0 Å². The van der Waals surface area contributed by atoms with Crippen LogP contribution in [0, 0.1) is 0 Å². The first-order valence-electron chi connectivity index (χ1n) is 8.29. The largest absolute Gasteiger partial charge is 0.454 e. The van der Waals surface area contributed by atoms with E-state index in [-0.39, 0.29) is 6.79 Å². The lowest BCUT2D eigenvalue weighted by molar-refractivity contribution is 0.174. The Morgan fingerprint density at radius 3 is 2.96 bits per heavy atom. The number of anilines is 4. The van der Waals surface area contributed by atoms with E-state index in [4.69, 9.17) is 21.1 Å². The molecule has 134 valence electrons. The van der Waals surface area contributed by atoms with Gasteiger partial charge in [-0.1, -0.05) is 17.7 Å². The lowest BCUT2D eigenvalue weighted by Gasteiger charge is -2.12. The lowest BCUT2D eigenvalue weighted by Crippen LogP contribution is -2.01. The van der Waals surface area contributed by atoms with Gasteiger partial charge in [-0.2, -0.15) is 4.98 Å². The van der Waals surface area contributed by atoms with Crippen LogP contribution >= 0.6 is 11.6 Å². The first kappa shape index (κ1) is 15.8. The fraction of sp³-hybridized carbons (Fsp3) is 0.0526. The molecule has 1 aliphatic heterocycles. The SMILES string of the molecule is Clc1ccc2c(c1Nc1ccnc(Nc3cccc4[nH]ccc34)n1)OCO2. The highest BCUT2D eigenvalue weighted by molar-refractivity contribution is 6.33. The molecule has 8 heteroatoms. The van der Waals surface area contributed by atoms with Crippen LogP contribution in [0.2, 0.25) is 5.02 Å². The number of hydrogen-bond donors (Lipinski definition) is 3. The second-order valence-corrected chi connectivity index (χ2v) is 6.32. The summed E-state index contributed by atoms with van der Waals surface area (Å²) in [6, 6.07) is 13.3. The van der Waals surface area contributed by atoms with Crippen molar-refractivity contribution < 1.29 is 9.47 Å². The van der Waals surface area contributed by atoms with Crippen molar-refractivity contribution in [3.63, 3.8) is 0 Å². The number of aromatic amines is 1. The standard InChI is InChI=1S/C19H14ClN5O2/c20-12-4-5-15-18(27-10-26-15)17(12)24-16-7-9-22-19(25-16)23-14-3-1-2-13-11(14)6-8-21-13/h1-9,21H,10H2,(H2,22,23,24,25). The molecule has 0 atom stereocenters. The molecule has 5 rings (SSSR count). The molecular formula is C19H14ClN5O2. The minimum absolute atomic E-state index is 0.168. The summed E-state index contributed by atoms with van der Waals surface area (Å²) in [5.74, 6) is 2.27. The number of benzene rings is 2. The number of ether oxygens (including phenoxy) is 2. The first-order valence-corrected chi connectivity index (χ1v) is 8.67. The van der Waals surface area contributed by atoms with Crippen molar-refractivity contribution >= 4 is 45.6 Å². The minimum atomic E-state index is 0.168. The zero-order valence-corrected chi connectivity index (χ0v) is 14.7. The Bertz CT molecular complexity index is 1140. The summed E-state index contributed by atoms with van der Waals surface area (Å²) in [6.45, 7) is 0.168. The monoisotopic (exact) mass is 379 g/mol. The molecule has 0 bridgehead atoms. The molecule has 3 heterocycles. The van der Waals surface area contributed by atoms with Crippen LogP contribution in [-0.4, -0.2) is 21.7 Å². The number of H-pyrrole nitrogens is 1. The highest BCUT2D eigenvalue weighted by Crippen LogP contribution is 2.44. The molecule has 0 radical (unpaired) electrons. The van der Waals surface area contributed by atoms with E-state index in [0.29, 0.717) is 34.0 Å². The molecule has 3 N–H and O–H groups in total. The van der Waals surface area contributed by atoms with Crippen LogP contribution in [0.4, 0.5) is 23.1 Å². The number of aromatic nitrogens is 3. The second kappa shape index (κ2) is 6.37. The molecule has 0 amide bonds. The molecule has 1 aliphatic rings. The van der Waals surface area contributed by atoms with Crippen LogP contribution in [0.25, 0.3) is 10.9 Å². The third kappa shape index (κ3) is 2.88. The average Bonchev–Trinajstić information content (AvgIpc) is 3.34. The van der Waals surface area contributed by atoms with Gasteiger partial charge in [0.15, 0.2) is 11.5 Å². The van der Waals surface area contributed by atoms with Crippen molar-refractivity contribution in [1.29, 1.82) is 0 Å². The molecule has 4 aromatic rings. The predicted molar refractivity (Wildman–Crippen MR) is 104 cm³/mol. The minimum Gasteiger partial charge on any atom is -0.454 e. The lowest BCUT2D eigenvalue weighted by atomic mass is 10.2. The van der Waals surface area contributed by atoms with Crippen LogP contribution < -0.4 is 20.1 Å². The van der Waals surface area contributed by atoms with Gasteiger partial charge >= 0.3 is 0 Å². The molecule has 0 unspecified atom stereocenters. The Hall–Kier alpha value is -3.45. The van der Waals surface area contributed by atoms with E-state index in [1.165, 1.54) is 0 Å². The predicted octanol–water partition coefficient (Wildman–Crippen LogP) is 4.83. The van der Waals surface area contributed by atoms with Gasteiger partial charge in [0.2, 0.25) is 12.7 Å². The van der Waals surface area contributed by atoms with E-state index in [0.717, 1.165) is 16.6 Å². The molecule has 0 saturated carbocycles.